The van der Waals surface area contributed by atoms with Gasteiger partial charge < -0.3 is 10.6 Å². The minimum atomic E-state index is -0.650. The topological polar surface area (TPSA) is 53.0 Å². The first kappa shape index (κ1) is 12.2. The van der Waals surface area contributed by atoms with E-state index in [1.807, 2.05) is 19.1 Å². The van der Waals surface area contributed by atoms with E-state index in [2.05, 4.69) is 17.0 Å². The fourth-order valence-electron chi connectivity index (χ4n) is 2.20. The smallest absolute Gasteiger partial charge is 0.107 e. The van der Waals surface area contributed by atoms with Gasteiger partial charge in [0, 0.05) is 23.8 Å². The number of nitrogens with two attached hydrogens (primary N) is 1. The number of hydrogen-bond acceptors (Lipinski definition) is 3. The number of rotatable bonds is 1. The summed E-state index contributed by atoms with van der Waals surface area (Å²) in [7, 11) is 0. The summed E-state index contributed by atoms with van der Waals surface area (Å²) < 4.78 is 0. The van der Waals surface area contributed by atoms with Gasteiger partial charge in [-0.15, -0.1) is 0 Å². The normalized spacial score (nSPS) is 18.8. The lowest BCUT2D eigenvalue weighted by Crippen LogP contribution is -2.49. The minimum absolute atomic E-state index is 0.650. The molecule has 1 fully saturated rings. The van der Waals surface area contributed by atoms with Crippen molar-refractivity contribution in [3.8, 4) is 6.07 Å². The van der Waals surface area contributed by atoms with Gasteiger partial charge in [-0.25, -0.2) is 0 Å². The Morgan fingerprint density at radius 3 is 2.65 bits per heavy atom. The van der Waals surface area contributed by atoms with E-state index < -0.39 is 5.54 Å². The largest absolute Gasteiger partial charge is 0.371 e. The molecule has 4 heteroatoms. The SMILES string of the molecule is Cc1c(Cl)cccc1N1CCC(N)(C#N)CC1. The van der Waals surface area contributed by atoms with Gasteiger partial charge in [-0.05, 0) is 37.5 Å². The zero-order valence-electron chi connectivity index (χ0n) is 9.91. The molecule has 1 saturated heterocycles. The first-order valence-electron chi connectivity index (χ1n) is 5.76. The molecule has 0 aliphatic carbocycles. The molecular weight excluding hydrogens is 234 g/mol. The number of nitriles is 1. The lowest BCUT2D eigenvalue weighted by molar-refractivity contribution is 0.415. The maximum absolute atomic E-state index is 8.99. The van der Waals surface area contributed by atoms with Crippen LogP contribution in [0.15, 0.2) is 18.2 Å². The zero-order valence-corrected chi connectivity index (χ0v) is 10.7. The summed E-state index contributed by atoms with van der Waals surface area (Å²) in [5.74, 6) is 0. The lowest BCUT2D eigenvalue weighted by Gasteiger charge is -2.37. The second kappa shape index (κ2) is 4.56. The Bertz CT molecular complexity index is 456. The van der Waals surface area contributed by atoms with E-state index in [1.54, 1.807) is 0 Å². The highest BCUT2D eigenvalue weighted by atomic mass is 35.5. The molecule has 90 valence electrons. The Hall–Kier alpha value is -1.24. The van der Waals surface area contributed by atoms with Crippen molar-refractivity contribution in [3.05, 3.63) is 28.8 Å². The summed E-state index contributed by atoms with van der Waals surface area (Å²) in [6, 6.07) is 8.12. The molecule has 1 heterocycles. The van der Waals surface area contributed by atoms with Crippen LogP contribution < -0.4 is 10.6 Å². The van der Waals surface area contributed by atoms with E-state index in [9.17, 15) is 0 Å². The van der Waals surface area contributed by atoms with Crippen LogP contribution in [-0.2, 0) is 0 Å². The van der Waals surface area contributed by atoms with Gasteiger partial charge in [0.15, 0.2) is 0 Å². The molecule has 0 saturated carbocycles. The molecule has 1 aliphatic heterocycles. The molecule has 2 N–H and O–H groups in total. The van der Waals surface area contributed by atoms with Crippen LogP contribution in [0.25, 0.3) is 0 Å². The fourth-order valence-corrected chi connectivity index (χ4v) is 2.37. The molecule has 1 aliphatic rings. The number of halogens is 1. The Balaban J connectivity index is 2.17. The maximum atomic E-state index is 8.99. The monoisotopic (exact) mass is 249 g/mol. The minimum Gasteiger partial charge on any atom is -0.371 e. The fraction of sp³-hybridized carbons (Fsp3) is 0.462. The van der Waals surface area contributed by atoms with Crippen LogP contribution in [-0.4, -0.2) is 18.6 Å². The second-order valence-electron chi connectivity index (χ2n) is 4.64. The summed E-state index contributed by atoms with van der Waals surface area (Å²) in [5.41, 5.74) is 7.55. The summed E-state index contributed by atoms with van der Waals surface area (Å²) in [5, 5.41) is 9.78. The molecule has 1 aromatic carbocycles. The average Bonchev–Trinajstić information content (AvgIpc) is 2.34. The lowest BCUT2D eigenvalue weighted by atomic mass is 9.90. The molecule has 1 aromatic rings. The molecule has 0 amide bonds. The number of piperidine rings is 1. The van der Waals surface area contributed by atoms with Crippen LogP contribution in [0.5, 0.6) is 0 Å². The number of nitrogens with zero attached hydrogens (tertiary/aromatic N) is 2. The molecular formula is C13H16ClN3. The summed E-state index contributed by atoms with van der Waals surface area (Å²) in [4.78, 5) is 2.25. The number of anilines is 1. The third-order valence-corrected chi connectivity index (χ3v) is 3.87. The van der Waals surface area contributed by atoms with Gasteiger partial charge in [-0.2, -0.15) is 5.26 Å². The third-order valence-electron chi connectivity index (χ3n) is 3.46. The maximum Gasteiger partial charge on any atom is 0.107 e. The molecule has 2 rings (SSSR count). The van der Waals surface area contributed by atoms with Crippen molar-refractivity contribution in [2.45, 2.75) is 25.3 Å². The molecule has 0 unspecified atom stereocenters. The highest BCUT2D eigenvalue weighted by Crippen LogP contribution is 2.30. The second-order valence-corrected chi connectivity index (χ2v) is 5.05. The van der Waals surface area contributed by atoms with Gasteiger partial charge in [0.25, 0.3) is 0 Å². The van der Waals surface area contributed by atoms with E-state index in [0.29, 0.717) is 12.8 Å². The average molecular weight is 250 g/mol. The van der Waals surface area contributed by atoms with Crippen LogP contribution in [0, 0.1) is 18.3 Å². The van der Waals surface area contributed by atoms with E-state index in [-0.39, 0.29) is 0 Å². The van der Waals surface area contributed by atoms with Gasteiger partial charge >= 0.3 is 0 Å². The number of hydrogen-bond donors (Lipinski definition) is 1. The van der Waals surface area contributed by atoms with Crippen LogP contribution >= 0.6 is 11.6 Å². The van der Waals surface area contributed by atoms with Crippen molar-refractivity contribution >= 4 is 17.3 Å². The molecule has 3 nitrogen and oxygen atoms in total. The van der Waals surface area contributed by atoms with Gasteiger partial charge in [-0.1, -0.05) is 17.7 Å². The Labute approximate surface area is 107 Å². The highest BCUT2D eigenvalue weighted by Gasteiger charge is 2.31. The highest BCUT2D eigenvalue weighted by molar-refractivity contribution is 6.31. The molecule has 0 bridgehead atoms. The van der Waals surface area contributed by atoms with Crippen molar-refractivity contribution in [2.24, 2.45) is 5.73 Å². The van der Waals surface area contributed by atoms with Crippen LogP contribution in [0.2, 0.25) is 5.02 Å². The molecule has 17 heavy (non-hydrogen) atoms. The van der Waals surface area contributed by atoms with Gasteiger partial charge in [0.2, 0.25) is 0 Å². The first-order chi connectivity index (χ1) is 8.06. The van der Waals surface area contributed by atoms with Crippen molar-refractivity contribution in [1.29, 1.82) is 5.26 Å². The molecule has 0 atom stereocenters. The van der Waals surface area contributed by atoms with Crippen LogP contribution in [0.1, 0.15) is 18.4 Å². The van der Waals surface area contributed by atoms with E-state index >= 15 is 0 Å². The standard InChI is InChI=1S/C13H16ClN3/c1-10-11(14)3-2-4-12(10)17-7-5-13(16,9-15)6-8-17/h2-4H,5-8,16H2,1H3. The van der Waals surface area contributed by atoms with E-state index in [0.717, 1.165) is 29.4 Å². The zero-order chi connectivity index (χ0) is 12.5. The third kappa shape index (κ3) is 2.38. The van der Waals surface area contributed by atoms with Crippen LogP contribution in [0.3, 0.4) is 0 Å². The summed E-state index contributed by atoms with van der Waals surface area (Å²) in [6.45, 7) is 3.64. The quantitative estimate of drug-likeness (QED) is 0.832. The molecule has 0 aromatic heterocycles. The van der Waals surface area contributed by atoms with Gasteiger partial charge in [0.1, 0.15) is 5.54 Å². The Morgan fingerprint density at radius 1 is 1.41 bits per heavy atom. The predicted octanol–water partition coefficient (Wildman–Crippen LogP) is 2.47. The van der Waals surface area contributed by atoms with E-state index in [4.69, 9.17) is 22.6 Å². The van der Waals surface area contributed by atoms with Crippen molar-refractivity contribution in [2.75, 3.05) is 18.0 Å². The van der Waals surface area contributed by atoms with Crippen LogP contribution in [0.4, 0.5) is 5.69 Å². The van der Waals surface area contributed by atoms with Crippen molar-refractivity contribution in [3.63, 3.8) is 0 Å². The predicted molar refractivity (Wildman–Crippen MR) is 70.2 cm³/mol. The Morgan fingerprint density at radius 2 is 2.06 bits per heavy atom. The molecule has 0 spiro atoms. The molecule has 0 radical (unpaired) electrons. The van der Waals surface area contributed by atoms with Gasteiger partial charge in [0.05, 0.1) is 6.07 Å². The van der Waals surface area contributed by atoms with Gasteiger partial charge in [-0.3, -0.25) is 0 Å². The summed E-state index contributed by atoms with van der Waals surface area (Å²) >= 11 is 6.11. The van der Waals surface area contributed by atoms with E-state index in [1.165, 1.54) is 0 Å². The van der Waals surface area contributed by atoms with Crippen molar-refractivity contribution in [1.82, 2.24) is 0 Å². The Kier molecular flexibility index (Phi) is 3.28. The van der Waals surface area contributed by atoms with Crippen molar-refractivity contribution < 1.29 is 0 Å². The summed E-state index contributed by atoms with van der Waals surface area (Å²) in [6.07, 6.45) is 1.41. The first-order valence-corrected chi connectivity index (χ1v) is 6.14. The number of benzene rings is 1.